The number of likely N-dealkylation sites (tertiary alicyclic amines) is 1. The van der Waals surface area contributed by atoms with E-state index in [9.17, 15) is 0 Å². The highest BCUT2D eigenvalue weighted by atomic mass is 127. The van der Waals surface area contributed by atoms with Gasteiger partial charge in [0, 0.05) is 45.3 Å². The van der Waals surface area contributed by atoms with E-state index in [1.807, 2.05) is 30.1 Å². The Morgan fingerprint density at radius 3 is 2.74 bits per heavy atom. The molecule has 0 radical (unpaired) electrons. The summed E-state index contributed by atoms with van der Waals surface area (Å²) < 4.78 is 1.90. The van der Waals surface area contributed by atoms with Crippen molar-refractivity contribution in [1.29, 1.82) is 0 Å². The number of nitrogens with one attached hydrogen (secondary N) is 1. The smallest absolute Gasteiger partial charge is 0.193 e. The molecule has 0 spiro atoms. The highest BCUT2D eigenvalue weighted by molar-refractivity contribution is 14.0. The Kier molecular flexibility index (Phi) is 8.53. The Balaban J connectivity index is 0.00000261. The number of rotatable bonds is 6. The first-order chi connectivity index (χ1) is 12.7. The zero-order valence-corrected chi connectivity index (χ0v) is 18.8. The van der Waals surface area contributed by atoms with Crippen molar-refractivity contribution in [3.8, 4) is 5.82 Å². The Labute approximate surface area is 179 Å². The summed E-state index contributed by atoms with van der Waals surface area (Å²) in [5.74, 6) is 3.50. The largest absolute Gasteiger partial charge is 0.352 e. The highest BCUT2D eigenvalue weighted by Crippen LogP contribution is 2.28. The minimum Gasteiger partial charge on any atom is -0.352 e. The first kappa shape index (κ1) is 21.7. The van der Waals surface area contributed by atoms with Gasteiger partial charge in [0.15, 0.2) is 5.96 Å². The van der Waals surface area contributed by atoms with Crippen molar-refractivity contribution >= 4 is 29.9 Å². The molecule has 1 atom stereocenters. The summed E-state index contributed by atoms with van der Waals surface area (Å²) >= 11 is 0. The van der Waals surface area contributed by atoms with Gasteiger partial charge in [-0.3, -0.25) is 9.56 Å². The van der Waals surface area contributed by atoms with E-state index in [0.717, 1.165) is 48.8 Å². The topological polar surface area (TPSA) is 58.3 Å². The summed E-state index contributed by atoms with van der Waals surface area (Å²) in [5, 5.41) is 3.49. The van der Waals surface area contributed by atoms with Crippen molar-refractivity contribution in [2.75, 3.05) is 20.1 Å². The van der Waals surface area contributed by atoms with Gasteiger partial charge in [0.05, 0.1) is 0 Å². The van der Waals surface area contributed by atoms with E-state index < -0.39 is 0 Å². The van der Waals surface area contributed by atoms with Crippen molar-refractivity contribution in [2.45, 2.75) is 39.7 Å². The lowest BCUT2D eigenvalue weighted by molar-refractivity contribution is 0.319. The number of imidazole rings is 1. The van der Waals surface area contributed by atoms with E-state index in [1.165, 1.54) is 19.3 Å². The van der Waals surface area contributed by atoms with Crippen molar-refractivity contribution in [2.24, 2.45) is 16.8 Å². The third-order valence-corrected chi connectivity index (χ3v) is 5.48. The van der Waals surface area contributed by atoms with Crippen LogP contribution in [0.25, 0.3) is 5.82 Å². The summed E-state index contributed by atoms with van der Waals surface area (Å²) in [6.07, 6.45) is 11.1. The fraction of sp³-hybridized carbons (Fsp3) is 0.550. The Hall–Kier alpha value is -1.64. The predicted molar refractivity (Wildman–Crippen MR) is 121 cm³/mol. The number of aliphatic imine (C=N–C) groups is 1. The quantitative estimate of drug-likeness (QED) is 0.388. The molecule has 1 aliphatic heterocycles. The van der Waals surface area contributed by atoms with Crippen LogP contribution in [-0.2, 0) is 6.54 Å². The molecule has 0 aliphatic carbocycles. The van der Waals surface area contributed by atoms with E-state index in [1.54, 1.807) is 12.5 Å². The van der Waals surface area contributed by atoms with Crippen molar-refractivity contribution in [3.63, 3.8) is 0 Å². The average molecular weight is 482 g/mol. The van der Waals surface area contributed by atoms with Gasteiger partial charge in [-0.1, -0.05) is 32.8 Å². The zero-order chi connectivity index (χ0) is 18.4. The van der Waals surface area contributed by atoms with Gasteiger partial charge in [0.2, 0.25) is 0 Å². The second kappa shape index (κ2) is 10.6. The molecule has 0 bridgehead atoms. The van der Waals surface area contributed by atoms with Crippen LogP contribution in [0.4, 0.5) is 0 Å². The van der Waals surface area contributed by atoms with Crippen LogP contribution in [0.5, 0.6) is 0 Å². The summed E-state index contributed by atoms with van der Waals surface area (Å²) in [7, 11) is 1.87. The fourth-order valence-electron chi connectivity index (χ4n) is 3.90. The van der Waals surface area contributed by atoms with Gasteiger partial charge < -0.3 is 10.2 Å². The number of nitrogens with zero attached hydrogens (tertiary/aromatic N) is 5. The Bertz CT molecular complexity index is 694. The maximum atomic E-state index is 4.51. The first-order valence-corrected chi connectivity index (χ1v) is 9.64. The highest BCUT2D eigenvalue weighted by Gasteiger charge is 2.29. The van der Waals surface area contributed by atoms with Crippen LogP contribution < -0.4 is 5.32 Å². The molecular weight excluding hydrogens is 451 g/mol. The zero-order valence-electron chi connectivity index (χ0n) is 16.5. The van der Waals surface area contributed by atoms with Crippen molar-refractivity contribution in [1.82, 2.24) is 24.8 Å². The molecule has 2 aromatic heterocycles. The van der Waals surface area contributed by atoms with Gasteiger partial charge in [0.25, 0.3) is 0 Å². The predicted octanol–water partition coefficient (Wildman–Crippen LogP) is 3.72. The maximum Gasteiger partial charge on any atom is 0.193 e. The molecule has 148 valence electrons. The van der Waals surface area contributed by atoms with E-state index in [-0.39, 0.29) is 24.0 Å². The van der Waals surface area contributed by atoms with Crippen LogP contribution in [0.15, 0.2) is 42.0 Å². The number of hydrogen-bond donors (Lipinski definition) is 1. The van der Waals surface area contributed by atoms with Gasteiger partial charge in [-0.2, -0.15) is 0 Å². The number of hydrogen-bond acceptors (Lipinski definition) is 3. The molecule has 3 heterocycles. The van der Waals surface area contributed by atoms with E-state index in [0.29, 0.717) is 0 Å². The van der Waals surface area contributed by atoms with Crippen LogP contribution in [0, 0.1) is 11.8 Å². The van der Waals surface area contributed by atoms with Crippen molar-refractivity contribution < 1.29 is 0 Å². The molecule has 0 aromatic carbocycles. The van der Waals surface area contributed by atoms with Gasteiger partial charge in [-0.25, -0.2) is 9.97 Å². The molecule has 1 fully saturated rings. The van der Waals surface area contributed by atoms with Crippen LogP contribution >= 0.6 is 24.0 Å². The van der Waals surface area contributed by atoms with Gasteiger partial charge in [0.1, 0.15) is 12.1 Å². The summed E-state index contributed by atoms with van der Waals surface area (Å²) in [5.41, 5.74) is 1.14. The maximum absolute atomic E-state index is 4.51. The Morgan fingerprint density at radius 1 is 1.33 bits per heavy atom. The average Bonchev–Trinajstić information content (AvgIpc) is 3.36. The van der Waals surface area contributed by atoms with E-state index in [2.05, 4.69) is 45.1 Å². The number of halogens is 1. The molecule has 2 aromatic rings. The lowest BCUT2D eigenvalue weighted by atomic mass is 9.87. The molecule has 1 saturated heterocycles. The Morgan fingerprint density at radius 2 is 2.15 bits per heavy atom. The number of aromatic nitrogens is 3. The molecule has 1 aliphatic rings. The molecule has 3 rings (SSSR count). The summed E-state index contributed by atoms with van der Waals surface area (Å²) in [6, 6.07) is 4.11. The van der Waals surface area contributed by atoms with Gasteiger partial charge >= 0.3 is 0 Å². The van der Waals surface area contributed by atoms with Crippen LogP contribution in [0.2, 0.25) is 0 Å². The van der Waals surface area contributed by atoms with Crippen LogP contribution in [-0.4, -0.2) is 45.5 Å². The molecule has 27 heavy (non-hydrogen) atoms. The second-order valence-electron chi connectivity index (χ2n) is 6.97. The molecule has 1 unspecified atom stereocenters. The van der Waals surface area contributed by atoms with Gasteiger partial charge in [-0.05, 0) is 29.9 Å². The SMILES string of the molecule is CCC(CC)C1CCN(C(=NC)NCc2ccc(-n3ccnc3)nc2)C1.I. The molecular formula is C20H31IN6. The third-order valence-electron chi connectivity index (χ3n) is 5.48. The molecule has 0 amide bonds. The lowest BCUT2D eigenvalue weighted by Gasteiger charge is -2.24. The second-order valence-corrected chi connectivity index (χ2v) is 6.97. The molecule has 0 saturated carbocycles. The minimum absolute atomic E-state index is 0. The van der Waals surface area contributed by atoms with Crippen molar-refractivity contribution in [3.05, 3.63) is 42.6 Å². The number of pyridine rings is 1. The third kappa shape index (κ3) is 5.43. The molecule has 6 nitrogen and oxygen atoms in total. The van der Waals surface area contributed by atoms with Gasteiger partial charge in [-0.15, -0.1) is 24.0 Å². The summed E-state index contributed by atoms with van der Waals surface area (Å²) in [4.78, 5) is 15.5. The van der Waals surface area contributed by atoms with E-state index in [4.69, 9.17) is 0 Å². The minimum atomic E-state index is 0. The van der Waals surface area contributed by atoms with E-state index >= 15 is 0 Å². The molecule has 1 N–H and O–H groups in total. The van der Waals surface area contributed by atoms with Crippen LogP contribution in [0.1, 0.15) is 38.7 Å². The standard InChI is InChI=1S/C20H30N6.HI/c1-4-17(5-2)18-8-10-25(14-18)20(21-3)24-13-16-6-7-19(23-12-16)26-11-9-22-15-26;/h6-7,9,11-12,15,17-18H,4-5,8,10,13-14H2,1-3H3,(H,21,24);1H. The number of guanidine groups is 1. The first-order valence-electron chi connectivity index (χ1n) is 9.64. The normalized spacial score (nSPS) is 17.3. The van der Waals surface area contributed by atoms with Crippen LogP contribution in [0.3, 0.4) is 0 Å². The molecule has 7 heteroatoms. The lowest BCUT2D eigenvalue weighted by Crippen LogP contribution is -2.40. The summed E-state index contributed by atoms with van der Waals surface area (Å²) in [6.45, 7) is 7.56. The fourth-order valence-corrected chi connectivity index (χ4v) is 3.90. The monoisotopic (exact) mass is 482 g/mol.